The minimum absolute atomic E-state index is 0.105. The van der Waals surface area contributed by atoms with Crippen molar-refractivity contribution in [1.29, 1.82) is 10.5 Å². The highest BCUT2D eigenvalue weighted by molar-refractivity contribution is 6.11. The number of hydrogen-bond acceptors (Lipinski definition) is 22. The van der Waals surface area contributed by atoms with E-state index in [1.165, 1.54) is 24.9 Å². The maximum atomic E-state index is 14.2. The van der Waals surface area contributed by atoms with Gasteiger partial charge in [-0.1, -0.05) is 71.9 Å². The van der Waals surface area contributed by atoms with Crippen molar-refractivity contribution in [2.24, 2.45) is 35.5 Å². The molecule has 6 atom stereocenters. The van der Waals surface area contributed by atoms with Crippen LogP contribution in [0.1, 0.15) is 141 Å². The molecule has 20 aromatic rings. The lowest BCUT2D eigenvalue weighted by Gasteiger charge is -2.37. The number of para-hydroxylation sites is 4. The lowest BCUT2D eigenvalue weighted by molar-refractivity contribution is 0.0948. The van der Waals surface area contributed by atoms with Crippen LogP contribution in [0.5, 0.6) is 0 Å². The highest BCUT2D eigenvalue weighted by atomic mass is 19.2. The number of carbonyl (C=O) groups is 3. The van der Waals surface area contributed by atoms with Crippen molar-refractivity contribution in [1.82, 2.24) is 97.6 Å². The van der Waals surface area contributed by atoms with Gasteiger partial charge in [0.25, 0.3) is 17.7 Å². The number of aromatic nitrogens is 15. The van der Waals surface area contributed by atoms with Gasteiger partial charge in [-0.25, -0.2) is 67.4 Å². The number of likely N-dealkylation sites (N-methyl/N-ethyl adjacent to an activating group) is 2. The average Bonchev–Trinajstić information content (AvgIpc) is 1.55. The minimum Gasteiger partial charge on any atom is -0.370 e. The van der Waals surface area contributed by atoms with E-state index in [1.54, 1.807) is 40.4 Å². The Morgan fingerprint density at radius 3 is 1.08 bits per heavy atom. The molecule has 30 nitrogen and oxygen atoms in total. The van der Waals surface area contributed by atoms with Crippen molar-refractivity contribution in [3.63, 3.8) is 0 Å². The number of aryl methyl sites for hydroxylation is 2. The van der Waals surface area contributed by atoms with Gasteiger partial charge in [0.05, 0.1) is 83.0 Å². The van der Waals surface area contributed by atoms with Crippen LogP contribution in [0.4, 0.5) is 46.0 Å². The largest absolute Gasteiger partial charge is 0.370 e. The summed E-state index contributed by atoms with van der Waals surface area (Å²) in [7, 11) is 5.82. The Kier molecular flexibility index (Phi) is 27.2. The molecule has 34 heteroatoms. The van der Waals surface area contributed by atoms with Crippen LogP contribution in [0.25, 0.3) is 139 Å². The van der Waals surface area contributed by atoms with E-state index in [-0.39, 0.29) is 28.8 Å². The zero-order valence-electron chi connectivity index (χ0n) is 86.0. The minimum atomic E-state index is -0.982. The predicted molar refractivity (Wildman–Crippen MR) is 582 cm³/mol. The number of imidazole rings is 5. The molecule has 20 heterocycles. The molecule has 0 unspecified atom stereocenters. The molecule has 25 rings (SSSR count). The Morgan fingerprint density at radius 1 is 0.342 bits per heavy atom. The molecular formula is C115H119F4N27O3. The van der Waals surface area contributed by atoms with Gasteiger partial charge in [-0.05, 0) is 225 Å². The molecule has 149 heavy (non-hydrogen) atoms. The van der Waals surface area contributed by atoms with E-state index in [1.807, 2.05) is 122 Å². The number of nitrogens with one attached hydrogen (secondary N) is 3. The number of pyridine rings is 10. The summed E-state index contributed by atoms with van der Waals surface area (Å²) in [5.41, 5.74) is 23.2. The van der Waals surface area contributed by atoms with Crippen LogP contribution in [-0.4, -0.2) is 225 Å². The van der Waals surface area contributed by atoms with E-state index in [0.717, 1.165) is 240 Å². The third-order valence-electron chi connectivity index (χ3n) is 29.6. The molecule has 0 spiro atoms. The molecule has 3 N–H and O–H groups in total. The fourth-order valence-electron chi connectivity index (χ4n) is 23.3. The second-order valence-electron chi connectivity index (χ2n) is 41.3. The first-order valence-electron chi connectivity index (χ1n) is 51.6. The standard InChI is InChI=1S/C24H25F2N5O.C24H28N6O.C23H23N5.C22H22F2N6O.C22H21N5/c1-4-27-24(32)16-8-15-20(30-11-13(2)7-14(3)12-30)5-6-28-22(15)31-21-10-18(26)17(25)9-19(21)29-23(16)31;1-4-25-24(31)18-15-17-20(29-11-5-10-28(3)12-13-29)8-9-26-22(17)30-21-14-16(2)6-7-19(21)27-23(18)30;1-14-8-15(2)13-27(12-14)21-9-16(3)25-23-18(21)10-17(11-24)22-26-19-6-4-5-7-20(19)28(22)23;1-25-22(31)14-10-13-18(29-7-3-6-28(2)8-9-29)4-5-26-20(13)30-19-12-16(24)15(23)11-17(19)27-21(14)30;1-14-9-15(2)13-26(12-14)19-7-8-24-22-17(19)10-16(11-23)21-25-18-5-3-4-6-20(18)27(21)22/h5-6,8-10,13-14H,4,7,11-12H2,1-3H3,(H,27,32);6-9,14-15H,4-5,10-13H2,1-3H3,(H,25,31);4-7,9-10,14-15H,8,12-13H2,1-3H3;4-5,10-12H,3,6-9H2,1-2H3,(H,25,31);3-8,10,14-15H,9,12-13H2,1-2H3/t13-,14+;;14-,15+;;14-,15+. The summed E-state index contributed by atoms with van der Waals surface area (Å²) >= 11 is 0. The number of benzene rings is 5. The summed E-state index contributed by atoms with van der Waals surface area (Å²) in [4.78, 5) is 102. The van der Waals surface area contributed by atoms with Crippen LogP contribution in [-0.2, 0) is 0 Å². The molecule has 0 aliphatic carbocycles. The molecule has 760 valence electrons. The van der Waals surface area contributed by atoms with Crippen LogP contribution < -0.4 is 40.4 Å². The van der Waals surface area contributed by atoms with Gasteiger partial charge in [0, 0.05) is 209 Å². The van der Waals surface area contributed by atoms with Gasteiger partial charge in [-0.2, -0.15) is 10.5 Å². The first-order chi connectivity index (χ1) is 72.1. The zero-order chi connectivity index (χ0) is 104. The molecule has 3 amide bonds. The number of carbonyl (C=O) groups excluding carboxylic acids is 3. The average molecular weight is 2000 g/mol. The Labute approximate surface area is 858 Å². The van der Waals surface area contributed by atoms with Crippen molar-refractivity contribution in [3.8, 4) is 12.1 Å². The number of hydrogen-bond donors (Lipinski definition) is 3. The van der Waals surface area contributed by atoms with Crippen LogP contribution in [0.2, 0.25) is 0 Å². The van der Waals surface area contributed by atoms with E-state index in [2.05, 4.69) is 194 Å². The summed E-state index contributed by atoms with van der Waals surface area (Å²) in [5, 5.41) is 32.6. The summed E-state index contributed by atoms with van der Waals surface area (Å²) in [6.45, 7) is 36.3. The van der Waals surface area contributed by atoms with Crippen LogP contribution >= 0.6 is 0 Å². The Morgan fingerprint density at radius 2 is 0.678 bits per heavy atom. The Bertz CT molecular complexity index is 8790. The number of nitriles is 2. The molecule has 5 aliphatic rings. The van der Waals surface area contributed by atoms with Crippen molar-refractivity contribution in [2.75, 3.05) is 150 Å². The molecule has 0 saturated carbocycles. The van der Waals surface area contributed by atoms with E-state index in [9.17, 15) is 42.5 Å². The lowest BCUT2D eigenvalue weighted by Crippen LogP contribution is -2.38. The number of piperidine rings is 3. The van der Waals surface area contributed by atoms with Crippen molar-refractivity contribution in [3.05, 3.63) is 239 Å². The van der Waals surface area contributed by atoms with Gasteiger partial charge in [-0.15, -0.1) is 0 Å². The topological polar surface area (TPSA) is 309 Å². The molecule has 5 fully saturated rings. The zero-order valence-corrected chi connectivity index (χ0v) is 86.0. The van der Waals surface area contributed by atoms with Gasteiger partial charge < -0.3 is 50.2 Å². The summed E-state index contributed by atoms with van der Waals surface area (Å²) in [6, 6.07) is 50.9. The molecule has 15 aromatic heterocycles. The Balaban J connectivity index is 0.000000109. The fourth-order valence-corrected chi connectivity index (χ4v) is 23.3. The number of rotatable bonds is 10. The predicted octanol–water partition coefficient (Wildman–Crippen LogP) is 19.7. The highest BCUT2D eigenvalue weighted by Crippen LogP contribution is 2.42. The van der Waals surface area contributed by atoms with Crippen LogP contribution in [0.3, 0.4) is 0 Å². The number of amides is 3. The summed E-state index contributed by atoms with van der Waals surface area (Å²) in [5.74, 6) is -0.911. The van der Waals surface area contributed by atoms with Crippen molar-refractivity contribution in [2.45, 2.75) is 101 Å². The maximum absolute atomic E-state index is 14.2. The van der Waals surface area contributed by atoms with Crippen LogP contribution in [0, 0.1) is 95.3 Å². The normalized spacial score (nSPS) is 18.1. The first kappa shape index (κ1) is 98.9. The third-order valence-corrected chi connectivity index (χ3v) is 29.6. The second kappa shape index (κ2) is 41.0. The monoisotopic (exact) mass is 2000 g/mol. The van der Waals surface area contributed by atoms with Gasteiger partial charge in [-0.3, -0.25) is 36.4 Å². The molecule has 0 bridgehead atoms. The van der Waals surface area contributed by atoms with Gasteiger partial charge in [0.1, 0.15) is 40.4 Å². The number of fused-ring (bicyclic) bond motifs is 25. The summed E-state index contributed by atoms with van der Waals surface area (Å²) in [6.07, 6.45) is 13.0. The van der Waals surface area contributed by atoms with Gasteiger partial charge in [0.15, 0.2) is 51.5 Å². The maximum Gasteiger partial charge on any atom is 0.255 e. The van der Waals surface area contributed by atoms with Gasteiger partial charge in [0.2, 0.25) is 0 Å². The number of halogens is 4. The van der Waals surface area contributed by atoms with E-state index >= 15 is 0 Å². The van der Waals surface area contributed by atoms with Crippen molar-refractivity contribution >= 4 is 185 Å². The second-order valence-corrected chi connectivity index (χ2v) is 41.3. The quantitative estimate of drug-likeness (QED) is 0.107. The SMILES string of the molecule is CCNC(=O)c1cc2c(N3CCCN(C)CC3)ccnc2n2c1nc1ccc(C)cc12.CCNC(=O)c1cc2c(N3C[C@H](C)C[C@H](C)C3)ccnc2n2c1nc1cc(F)c(F)cc12.CNC(=O)c1cc2c(N3CCCN(C)CC3)ccnc2n2c1nc1cc(F)c(F)cc12.C[C@@H]1C[C@H](C)CN(c2ccnc3c2cc(C#N)c2nc4ccccc4n23)C1.Cc1cc(N2C[C@H](C)C[C@H](C)C2)c2cc(C#N)c3nc4ccccc4n3c2n1. The molecule has 5 aliphatic heterocycles. The Hall–Kier alpha value is -16.1. The van der Waals surface area contributed by atoms with E-state index in [0.29, 0.717) is 127 Å². The smallest absolute Gasteiger partial charge is 0.255 e. The molecule has 5 aromatic carbocycles. The molecular weight excluding hydrogens is 1880 g/mol. The molecule has 5 saturated heterocycles. The van der Waals surface area contributed by atoms with E-state index in [4.69, 9.17) is 19.9 Å². The third kappa shape index (κ3) is 18.7. The summed E-state index contributed by atoms with van der Waals surface area (Å²) < 4.78 is 65.5. The van der Waals surface area contributed by atoms with Crippen molar-refractivity contribution < 1.29 is 31.9 Å². The lowest BCUT2D eigenvalue weighted by atomic mass is 9.91. The molecule has 0 radical (unpaired) electrons. The fraction of sp³-hybridized carbons (Fsp3) is 0.348. The van der Waals surface area contributed by atoms with Crippen LogP contribution in [0.15, 0.2) is 176 Å². The first-order valence-corrected chi connectivity index (χ1v) is 51.6. The number of nitrogens with zero attached hydrogens (tertiary/aromatic N) is 24. The van der Waals surface area contributed by atoms with Gasteiger partial charge >= 0.3 is 0 Å². The van der Waals surface area contributed by atoms with E-state index < -0.39 is 23.3 Å². The number of anilines is 5. The highest BCUT2D eigenvalue weighted by Gasteiger charge is 2.33.